The van der Waals surface area contributed by atoms with E-state index in [-0.39, 0.29) is 45.1 Å². The molecule has 1 fully saturated rings. The number of esters is 2. The Morgan fingerprint density at radius 2 is 0.875 bits per heavy atom. The Balaban J connectivity index is 2.25. The number of nitrogens with one attached hydrogen (secondary N) is 1. The first kappa shape index (κ1) is 52.0. The Bertz CT molecular complexity index is 947. The van der Waals surface area contributed by atoms with Crippen molar-refractivity contribution in [2.45, 2.75) is 238 Å². The number of hydrogen-bond acceptors (Lipinski definition) is 7. The van der Waals surface area contributed by atoms with Gasteiger partial charge in [0.1, 0.15) is 13.2 Å². The predicted octanol–water partition coefficient (Wildman–Crippen LogP) is 12.9. The van der Waals surface area contributed by atoms with Crippen LogP contribution in [-0.4, -0.2) is 74.1 Å². The molecule has 1 saturated heterocycles. The van der Waals surface area contributed by atoms with Gasteiger partial charge in [-0.1, -0.05) is 194 Å². The van der Waals surface area contributed by atoms with E-state index in [1.807, 2.05) is 0 Å². The second-order valence-electron chi connectivity index (χ2n) is 16.4. The summed E-state index contributed by atoms with van der Waals surface area (Å²) in [6.45, 7) is 3.08. The summed E-state index contributed by atoms with van der Waals surface area (Å²) < 4.78 is 54.0. The Morgan fingerprint density at radius 3 is 1.25 bits per heavy atom. The zero-order chi connectivity index (χ0) is 41.0. The molecule has 1 atom stereocenters. The van der Waals surface area contributed by atoms with E-state index in [1.165, 1.54) is 153 Å². The molecule has 0 aromatic rings. The number of alkyl carbamates (subject to hydrolysis) is 1. The Kier molecular flexibility index (Phi) is 33.5. The van der Waals surface area contributed by atoms with Gasteiger partial charge < -0.3 is 19.5 Å². The van der Waals surface area contributed by atoms with Crippen LogP contribution in [0.5, 0.6) is 0 Å². The van der Waals surface area contributed by atoms with Crippen molar-refractivity contribution in [3.8, 4) is 0 Å². The molecule has 8 nitrogen and oxygen atoms in total. The molecule has 0 aliphatic carbocycles. The number of rotatable bonds is 39. The SMILES string of the molecule is CCCCCCCCCCCCCCCCCC(=O)OCC(COC(=O)NC1CN(CC(F)(F)F)C1)OC(=O)CCCCCCCCCCCCCCCCC. The average molecular weight is 805 g/mol. The van der Waals surface area contributed by atoms with Crippen LogP contribution in [0.1, 0.15) is 219 Å². The summed E-state index contributed by atoms with van der Waals surface area (Å²) in [6.07, 6.45) is 31.4. The van der Waals surface area contributed by atoms with Gasteiger partial charge in [-0.25, -0.2) is 4.79 Å². The summed E-state index contributed by atoms with van der Waals surface area (Å²) in [5.41, 5.74) is 0. The lowest BCUT2D eigenvalue weighted by atomic mass is 10.0. The third-order valence-electron chi connectivity index (χ3n) is 10.8. The van der Waals surface area contributed by atoms with E-state index >= 15 is 0 Å². The molecule has 1 aliphatic heterocycles. The highest BCUT2D eigenvalue weighted by Gasteiger charge is 2.37. The fourth-order valence-electron chi connectivity index (χ4n) is 7.32. The third kappa shape index (κ3) is 34.0. The van der Waals surface area contributed by atoms with Crippen molar-refractivity contribution < 1.29 is 41.8 Å². The van der Waals surface area contributed by atoms with Crippen LogP contribution in [-0.2, 0) is 23.8 Å². The first-order valence-corrected chi connectivity index (χ1v) is 23.2. The van der Waals surface area contributed by atoms with Crippen molar-refractivity contribution in [3.05, 3.63) is 0 Å². The molecule has 1 heterocycles. The first-order chi connectivity index (χ1) is 27.1. The largest absolute Gasteiger partial charge is 0.462 e. The van der Waals surface area contributed by atoms with Crippen molar-refractivity contribution in [3.63, 3.8) is 0 Å². The second kappa shape index (κ2) is 36.1. The van der Waals surface area contributed by atoms with Crippen LogP contribution in [0.15, 0.2) is 0 Å². The number of alkyl halides is 3. The van der Waals surface area contributed by atoms with E-state index in [4.69, 9.17) is 14.2 Å². The van der Waals surface area contributed by atoms with Crippen molar-refractivity contribution in [2.75, 3.05) is 32.8 Å². The van der Waals surface area contributed by atoms with E-state index < -0.39 is 36.9 Å². The molecular formula is C45H83F3N2O6. The average Bonchev–Trinajstić information content (AvgIpc) is 3.14. The molecule has 56 heavy (non-hydrogen) atoms. The molecule has 1 N–H and O–H groups in total. The summed E-state index contributed by atoms with van der Waals surface area (Å²) >= 11 is 0. The van der Waals surface area contributed by atoms with Gasteiger partial charge in [-0.05, 0) is 12.8 Å². The van der Waals surface area contributed by atoms with Crippen molar-refractivity contribution in [1.29, 1.82) is 0 Å². The summed E-state index contributed by atoms with van der Waals surface area (Å²) in [5.74, 6) is -0.819. The number of nitrogens with zero attached hydrogens (tertiary/aromatic N) is 1. The van der Waals surface area contributed by atoms with E-state index in [0.717, 1.165) is 38.5 Å². The van der Waals surface area contributed by atoms with Crippen LogP contribution in [0.25, 0.3) is 0 Å². The number of hydrogen-bond donors (Lipinski definition) is 1. The van der Waals surface area contributed by atoms with Crippen LogP contribution < -0.4 is 5.32 Å². The minimum absolute atomic E-state index is 0.0726. The van der Waals surface area contributed by atoms with E-state index in [1.54, 1.807) is 0 Å². The summed E-state index contributed by atoms with van der Waals surface area (Å²) in [5, 5.41) is 2.54. The molecular weight excluding hydrogens is 721 g/mol. The van der Waals surface area contributed by atoms with Crippen molar-refractivity contribution >= 4 is 18.0 Å². The highest BCUT2D eigenvalue weighted by Crippen LogP contribution is 2.21. The molecule has 330 valence electrons. The normalized spacial score (nSPS) is 14.0. The fraction of sp³-hybridized carbons (Fsp3) is 0.933. The number of ether oxygens (including phenoxy) is 3. The highest BCUT2D eigenvalue weighted by atomic mass is 19.4. The van der Waals surface area contributed by atoms with Gasteiger partial charge in [0.25, 0.3) is 0 Å². The summed E-state index contributed by atoms with van der Waals surface area (Å²) in [6, 6.07) is -0.455. The quantitative estimate of drug-likeness (QED) is 0.0376. The number of likely N-dealkylation sites (tertiary alicyclic amines) is 1. The van der Waals surface area contributed by atoms with Gasteiger partial charge in [-0.3, -0.25) is 14.5 Å². The molecule has 1 unspecified atom stereocenters. The number of halogens is 3. The molecule has 1 aliphatic rings. The molecule has 0 radical (unpaired) electrons. The maximum absolute atomic E-state index is 12.7. The first-order valence-electron chi connectivity index (χ1n) is 23.2. The molecule has 11 heteroatoms. The van der Waals surface area contributed by atoms with Crippen LogP contribution in [0.3, 0.4) is 0 Å². The zero-order valence-electron chi connectivity index (χ0n) is 35.8. The highest BCUT2D eigenvalue weighted by molar-refractivity contribution is 5.70. The Labute approximate surface area is 339 Å². The van der Waals surface area contributed by atoms with Crippen molar-refractivity contribution in [1.82, 2.24) is 10.2 Å². The van der Waals surface area contributed by atoms with Gasteiger partial charge in [0.05, 0.1) is 12.6 Å². The molecule has 0 spiro atoms. The van der Waals surface area contributed by atoms with Crippen LogP contribution in [0.4, 0.5) is 18.0 Å². The molecule has 0 aromatic carbocycles. The predicted molar refractivity (Wildman–Crippen MR) is 221 cm³/mol. The van der Waals surface area contributed by atoms with Crippen LogP contribution >= 0.6 is 0 Å². The molecule has 0 aromatic heterocycles. The van der Waals surface area contributed by atoms with Gasteiger partial charge in [-0.15, -0.1) is 0 Å². The lowest BCUT2D eigenvalue weighted by Gasteiger charge is -2.39. The maximum atomic E-state index is 12.7. The van der Waals surface area contributed by atoms with E-state index in [2.05, 4.69) is 19.2 Å². The minimum atomic E-state index is -4.29. The molecule has 1 rings (SSSR count). The molecule has 0 bridgehead atoms. The summed E-state index contributed by atoms with van der Waals surface area (Å²) in [7, 11) is 0. The van der Waals surface area contributed by atoms with Crippen molar-refractivity contribution in [2.24, 2.45) is 0 Å². The monoisotopic (exact) mass is 805 g/mol. The van der Waals surface area contributed by atoms with Crippen LogP contribution in [0, 0.1) is 0 Å². The van der Waals surface area contributed by atoms with E-state index in [0.29, 0.717) is 6.42 Å². The van der Waals surface area contributed by atoms with Crippen LogP contribution in [0.2, 0.25) is 0 Å². The second-order valence-corrected chi connectivity index (χ2v) is 16.4. The van der Waals surface area contributed by atoms with Gasteiger partial charge in [0.2, 0.25) is 0 Å². The van der Waals surface area contributed by atoms with Gasteiger partial charge >= 0.3 is 24.2 Å². The minimum Gasteiger partial charge on any atom is -0.462 e. The Hall–Kier alpha value is -2.04. The number of unbranched alkanes of at least 4 members (excludes halogenated alkanes) is 28. The fourth-order valence-corrected chi connectivity index (χ4v) is 7.32. The van der Waals surface area contributed by atoms with Gasteiger partial charge in [0, 0.05) is 25.9 Å². The lowest BCUT2D eigenvalue weighted by molar-refractivity contribution is -0.161. The standard InChI is InChI=1S/C45H83F3N2O6/c1-3-5-7-9-11-13-15-17-19-21-23-25-27-29-31-33-42(51)54-37-41(38-55-44(53)49-40-35-50(36-40)39-45(46,47)48)56-43(52)34-32-30-28-26-24-22-20-18-16-14-12-10-8-6-4-2/h40-41H,3-39H2,1-2H3,(H,49,53). The molecule has 0 saturated carbocycles. The van der Waals surface area contributed by atoms with Gasteiger partial charge in [-0.2, -0.15) is 13.2 Å². The Morgan fingerprint density at radius 1 is 0.536 bits per heavy atom. The van der Waals surface area contributed by atoms with E-state index in [9.17, 15) is 27.6 Å². The third-order valence-corrected chi connectivity index (χ3v) is 10.8. The smallest absolute Gasteiger partial charge is 0.407 e. The topological polar surface area (TPSA) is 94.2 Å². The summed E-state index contributed by atoms with van der Waals surface area (Å²) in [4.78, 5) is 38.7. The number of amides is 1. The number of carbonyl (C=O) groups excluding carboxylic acids is 3. The van der Waals surface area contributed by atoms with Gasteiger partial charge in [0.15, 0.2) is 6.10 Å². The zero-order valence-corrected chi connectivity index (χ0v) is 35.8. The lowest BCUT2D eigenvalue weighted by Crippen LogP contribution is -2.61. The molecule has 1 amide bonds. The number of carbonyl (C=O) groups is 3. The maximum Gasteiger partial charge on any atom is 0.407 e.